The van der Waals surface area contributed by atoms with E-state index in [1.54, 1.807) is 19.1 Å². The number of sulfone groups is 1. The van der Waals surface area contributed by atoms with Gasteiger partial charge in [-0.05, 0) is 43.2 Å². The van der Waals surface area contributed by atoms with Crippen LogP contribution in [0.4, 0.5) is 11.5 Å². The number of anilines is 1. The second-order valence-electron chi connectivity index (χ2n) is 5.96. The molecule has 2 rings (SSSR count). The van der Waals surface area contributed by atoms with Crippen molar-refractivity contribution in [3.63, 3.8) is 0 Å². The molecule has 9 heteroatoms. The standard InChI is InChI=1S/C17H21N3O5S/c1-13-11-14(20(21)22)12-18-17(13)19(2)9-4-10-25-15-5-7-16(8-6-15)26(3,23)24/h5-8,11-12H,4,9-10H2,1-3H3. The Morgan fingerprint density at radius 3 is 2.46 bits per heavy atom. The van der Waals surface area contributed by atoms with E-state index in [-0.39, 0.29) is 10.6 Å². The summed E-state index contributed by atoms with van der Waals surface area (Å²) in [5.41, 5.74) is 0.708. The molecular weight excluding hydrogens is 358 g/mol. The number of benzene rings is 1. The quantitative estimate of drug-likeness (QED) is 0.394. The number of hydrogen-bond donors (Lipinski definition) is 0. The minimum Gasteiger partial charge on any atom is -0.494 e. The Bertz CT molecular complexity index is 882. The molecule has 0 radical (unpaired) electrons. The molecule has 1 aromatic carbocycles. The molecule has 0 spiro atoms. The fourth-order valence-electron chi connectivity index (χ4n) is 2.43. The van der Waals surface area contributed by atoms with Crippen molar-refractivity contribution in [1.82, 2.24) is 4.98 Å². The Balaban J connectivity index is 1.85. The van der Waals surface area contributed by atoms with Gasteiger partial charge in [-0.15, -0.1) is 0 Å². The van der Waals surface area contributed by atoms with Crippen LogP contribution in [0, 0.1) is 17.0 Å². The van der Waals surface area contributed by atoms with Crippen LogP contribution >= 0.6 is 0 Å². The second kappa shape index (κ2) is 8.13. The van der Waals surface area contributed by atoms with Crippen LogP contribution in [0.3, 0.4) is 0 Å². The molecule has 0 aliphatic heterocycles. The molecule has 140 valence electrons. The Kier molecular flexibility index (Phi) is 6.14. The first-order valence-corrected chi connectivity index (χ1v) is 9.82. The smallest absolute Gasteiger partial charge is 0.287 e. The maximum Gasteiger partial charge on any atom is 0.287 e. The summed E-state index contributed by atoms with van der Waals surface area (Å²) >= 11 is 0. The zero-order valence-corrected chi connectivity index (χ0v) is 15.7. The van der Waals surface area contributed by atoms with E-state index in [4.69, 9.17) is 4.74 Å². The van der Waals surface area contributed by atoms with Crippen molar-refractivity contribution >= 4 is 21.3 Å². The van der Waals surface area contributed by atoms with Crippen molar-refractivity contribution in [2.24, 2.45) is 0 Å². The molecule has 2 aromatic rings. The summed E-state index contributed by atoms with van der Waals surface area (Å²) in [6.45, 7) is 2.90. The number of ether oxygens (including phenoxy) is 1. The monoisotopic (exact) mass is 379 g/mol. The first-order chi connectivity index (χ1) is 12.2. The summed E-state index contributed by atoms with van der Waals surface area (Å²) in [6.07, 6.45) is 3.12. The first-order valence-electron chi connectivity index (χ1n) is 7.93. The predicted octanol–water partition coefficient (Wildman–Crippen LogP) is 2.61. The van der Waals surface area contributed by atoms with Gasteiger partial charge in [0.2, 0.25) is 0 Å². The first kappa shape index (κ1) is 19.6. The molecule has 1 heterocycles. The van der Waals surface area contributed by atoms with E-state index >= 15 is 0 Å². The molecule has 0 saturated carbocycles. The van der Waals surface area contributed by atoms with Crippen LogP contribution in [0.1, 0.15) is 12.0 Å². The van der Waals surface area contributed by atoms with E-state index in [1.165, 1.54) is 24.4 Å². The number of rotatable bonds is 8. The molecule has 0 amide bonds. The van der Waals surface area contributed by atoms with Gasteiger partial charge >= 0.3 is 0 Å². The van der Waals surface area contributed by atoms with Gasteiger partial charge < -0.3 is 9.64 Å². The highest BCUT2D eigenvalue weighted by atomic mass is 32.2. The van der Waals surface area contributed by atoms with Crippen LogP contribution in [0.25, 0.3) is 0 Å². The Morgan fingerprint density at radius 2 is 1.92 bits per heavy atom. The number of nitrogens with zero attached hydrogens (tertiary/aromatic N) is 3. The van der Waals surface area contributed by atoms with Crippen molar-refractivity contribution in [1.29, 1.82) is 0 Å². The molecule has 0 atom stereocenters. The molecule has 0 fully saturated rings. The van der Waals surface area contributed by atoms with E-state index < -0.39 is 14.8 Å². The molecule has 8 nitrogen and oxygen atoms in total. The van der Waals surface area contributed by atoms with Crippen molar-refractivity contribution in [2.45, 2.75) is 18.2 Å². The lowest BCUT2D eigenvalue weighted by molar-refractivity contribution is -0.385. The number of nitro groups is 1. The van der Waals surface area contributed by atoms with Gasteiger partial charge in [-0.25, -0.2) is 13.4 Å². The minimum absolute atomic E-state index is 0.0273. The fourth-order valence-corrected chi connectivity index (χ4v) is 3.06. The summed E-state index contributed by atoms with van der Waals surface area (Å²) in [5.74, 6) is 1.29. The SMILES string of the molecule is Cc1cc([N+](=O)[O-])cnc1N(C)CCCOc1ccc(S(C)(=O)=O)cc1. The van der Waals surface area contributed by atoms with Crippen LogP contribution < -0.4 is 9.64 Å². The van der Waals surface area contributed by atoms with Crippen molar-refractivity contribution in [3.8, 4) is 5.75 Å². The van der Waals surface area contributed by atoms with Crippen LogP contribution in [0.2, 0.25) is 0 Å². The number of pyridine rings is 1. The highest BCUT2D eigenvalue weighted by molar-refractivity contribution is 7.90. The number of hydrogen-bond acceptors (Lipinski definition) is 7. The highest BCUT2D eigenvalue weighted by Crippen LogP contribution is 2.21. The third-order valence-electron chi connectivity index (χ3n) is 3.77. The summed E-state index contributed by atoms with van der Waals surface area (Å²) in [4.78, 5) is 16.6. The topological polar surface area (TPSA) is 103 Å². The van der Waals surface area contributed by atoms with Gasteiger partial charge in [0.15, 0.2) is 9.84 Å². The van der Waals surface area contributed by atoms with Crippen LogP contribution in [0.5, 0.6) is 5.75 Å². The third kappa shape index (κ3) is 5.16. The molecular formula is C17H21N3O5S. The minimum atomic E-state index is -3.21. The Morgan fingerprint density at radius 1 is 1.27 bits per heavy atom. The zero-order valence-electron chi connectivity index (χ0n) is 14.9. The van der Waals surface area contributed by atoms with E-state index in [2.05, 4.69) is 4.98 Å². The molecule has 0 bridgehead atoms. The molecule has 0 saturated heterocycles. The maximum absolute atomic E-state index is 11.4. The zero-order chi connectivity index (χ0) is 19.3. The van der Waals surface area contributed by atoms with Crippen LogP contribution in [0.15, 0.2) is 41.4 Å². The number of aryl methyl sites for hydroxylation is 1. The Labute approximate surface area is 152 Å². The van der Waals surface area contributed by atoms with Crippen molar-refractivity contribution < 1.29 is 18.1 Å². The molecule has 0 N–H and O–H groups in total. The van der Waals surface area contributed by atoms with Crippen LogP contribution in [-0.4, -0.2) is 44.8 Å². The van der Waals surface area contributed by atoms with E-state index in [1.807, 2.05) is 11.9 Å². The lowest BCUT2D eigenvalue weighted by Crippen LogP contribution is -2.22. The van der Waals surface area contributed by atoms with Gasteiger partial charge in [-0.1, -0.05) is 0 Å². The van der Waals surface area contributed by atoms with E-state index in [9.17, 15) is 18.5 Å². The van der Waals surface area contributed by atoms with Gasteiger partial charge in [0.1, 0.15) is 17.8 Å². The summed E-state index contributed by atoms with van der Waals surface area (Å²) < 4.78 is 28.4. The van der Waals surface area contributed by atoms with Gasteiger partial charge in [0.25, 0.3) is 5.69 Å². The molecule has 1 aromatic heterocycles. The van der Waals surface area contributed by atoms with Gasteiger partial charge in [-0.2, -0.15) is 0 Å². The van der Waals surface area contributed by atoms with Gasteiger partial charge in [0, 0.05) is 25.9 Å². The van der Waals surface area contributed by atoms with Crippen molar-refractivity contribution in [3.05, 3.63) is 52.2 Å². The van der Waals surface area contributed by atoms with E-state index in [0.717, 1.165) is 11.8 Å². The van der Waals surface area contributed by atoms with Gasteiger partial charge in [0.05, 0.1) is 16.4 Å². The summed E-state index contributed by atoms with van der Waals surface area (Å²) in [7, 11) is -1.35. The highest BCUT2D eigenvalue weighted by Gasteiger charge is 2.12. The molecule has 0 aliphatic carbocycles. The largest absolute Gasteiger partial charge is 0.494 e. The third-order valence-corrected chi connectivity index (χ3v) is 4.90. The van der Waals surface area contributed by atoms with Crippen LogP contribution in [-0.2, 0) is 9.84 Å². The summed E-state index contributed by atoms with van der Waals surface area (Å²) in [6, 6.07) is 7.78. The molecule has 26 heavy (non-hydrogen) atoms. The van der Waals surface area contributed by atoms with Crippen molar-refractivity contribution in [2.75, 3.05) is 31.4 Å². The summed E-state index contributed by atoms with van der Waals surface area (Å²) in [5, 5.41) is 10.8. The number of aromatic nitrogens is 1. The maximum atomic E-state index is 11.4. The normalized spacial score (nSPS) is 11.2. The average Bonchev–Trinajstić information content (AvgIpc) is 2.58. The predicted molar refractivity (Wildman–Crippen MR) is 98.6 cm³/mol. The molecule has 0 unspecified atom stereocenters. The lowest BCUT2D eigenvalue weighted by Gasteiger charge is -2.19. The lowest BCUT2D eigenvalue weighted by atomic mass is 10.2. The second-order valence-corrected chi connectivity index (χ2v) is 7.97. The van der Waals surface area contributed by atoms with Gasteiger partial charge in [-0.3, -0.25) is 10.1 Å². The fraction of sp³-hybridized carbons (Fsp3) is 0.353. The van der Waals surface area contributed by atoms with E-state index in [0.29, 0.717) is 31.1 Å². The Hall–Kier alpha value is -2.68. The average molecular weight is 379 g/mol. The molecule has 0 aliphatic rings.